The van der Waals surface area contributed by atoms with Crippen LogP contribution >= 0.6 is 0 Å². The van der Waals surface area contributed by atoms with Crippen molar-refractivity contribution in [3.8, 4) is 0 Å². The first-order valence-electron chi connectivity index (χ1n) is 36.4. The summed E-state index contributed by atoms with van der Waals surface area (Å²) >= 11 is 0. The van der Waals surface area contributed by atoms with E-state index in [9.17, 15) is 19.8 Å². The molecule has 2 atom stereocenters. The van der Waals surface area contributed by atoms with Gasteiger partial charge in [0.25, 0.3) is 0 Å². The first kappa shape index (κ1) is 78.8. The Morgan fingerprint density at radius 3 is 0.951 bits per heavy atom. The molecule has 0 bridgehead atoms. The standard InChI is InChI=1S/C75H141NO5/c1-3-5-7-9-11-13-15-17-19-21-33-37-41-45-49-53-57-61-65-69-75(80)81-70-66-62-58-54-50-46-42-38-35-32-30-28-26-24-22-23-25-27-29-31-34-36-40-44-48-52-56-60-64-68-74(79)76-72(71-77)73(78)67-63-59-55-51-47-43-39-20-18-16-14-12-10-8-6-4-2/h17,19,22,24,28,30,63,67,72-73,77-78H,3-16,18,20-21,23,25-27,29,31-62,64-66,68-71H2,1-2H3,(H,76,79)/b19-17-,24-22-,30-28-,67-63+. The van der Waals surface area contributed by atoms with E-state index in [1.807, 2.05) is 6.08 Å². The van der Waals surface area contributed by atoms with Crippen LogP contribution in [0.3, 0.4) is 0 Å². The Kier molecular flexibility index (Phi) is 68.4. The molecule has 0 fully saturated rings. The summed E-state index contributed by atoms with van der Waals surface area (Å²) in [6.07, 6.45) is 92.0. The van der Waals surface area contributed by atoms with Gasteiger partial charge in [-0.1, -0.05) is 339 Å². The molecule has 0 aliphatic rings. The number of allylic oxidation sites excluding steroid dienone is 7. The Morgan fingerprint density at radius 1 is 0.346 bits per heavy atom. The molecule has 3 N–H and O–H groups in total. The van der Waals surface area contributed by atoms with Crippen LogP contribution in [-0.4, -0.2) is 47.4 Å². The number of rotatable bonds is 68. The SMILES string of the molecule is CCCCCCCC/C=C\CCCCCCCCCCCC(=O)OCCCCCCCCCCC/C=C\C/C=C\CCCCCCCCCCCCCCCC(=O)NC(CO)C(O)/C=C/CCCCCCCCCCCCCCCC. The van der Waals surface area contributed by atoms with Gasteiger partial charge in [0, 0.05) is 12.8 Å². The highest BCUT2D eigenvalue weighted by molar-refractivity contribution is 5.76. The van der Waals surface area contributed by atoms with Crippen molar-refractivity contribution in [2.75, 3.05) is 13.2 Å². The monoisotopic (exact) mass is 1140 g/mol. The van der Waals surface area contributed by atoms with Crippen molar-refractivity contribution in [3.63, 3.8) is 0 Å². The van der Waals surface area contributed by atoms with Crippen LogP contribution in [-0.2, 0) is 14.3 Å². The first-order chi connectivity index (χ1) is 40.0. The van der Waals surface area contributed by atoms with Gasteiger partial charge in [-0.15, -0.1) is 0 Å². The van der Waals surface area contributed by atoms with E-state index < -0.39 is 12.1 Å². The minimum atomic E-state index is -0.846. The summed E-state index contributed by atoms with van der Waals surface area (Å²) < 4.78 is 5.51. The maximum absolute atomic E-state index is 12.5. The number of unbranched alkanes of at least 4 members (excludes halogenated alkanes) is 51. The fourth-order valence-corrected chi connectivity index (χ4v) is 11.3. The highest BCUT2D eigenvalue weighted by Gasteiger charge is 2.18. The normalized spacial score (nSPS) is 12.8. The van der Waals surface area contributed by atoms with Gasteiger partial charge < -0.3 is 20.3 Å². The third-order valence-electron chi connectivity index (χ3n) is 16.8. The highest BCUT2D eigenvalue weighted by atomic mass is 16.5. The quantitative estimate of drug-likeness (QED) is 0.0320. The van der Waals surface area contributed by atoms with Gasteiger partial charge >= 0.3 is 5.97 Å². The summed E-state index contributed by atoms with van der Waals surface area (Å²) in [5, 5.41) is 23.2. The van der Waals surface area contributed by atoms with E-state index in [2.05, 4.69) is 55.6 Å². The summed E-state index contributed by atoms with van der Waals surface area (Å²) in [6, 6.07) is -0.629. The molecule has 6 heteroatoms. The van der Waals surface area contributed by atoms with E-state index in [-0.39, 0.29) is 18.5 Å². The van der Waals surface area contributed by atoms with Crippen molar-refractivity contribution in [1.82, 2.24) is 5.32 Å². The molecular weight excluding hydrogens is 995 g/mol. The number of aliphatic hydroxyl groups is 2. The predicted molar refractivity (Wildman–Crippen MR) is 356 cm³/mol. The molecule has 1 amide bonds. The Balaban J connectivity index is 3.41. The molecular formula is C75H141NO5. The number of carbonyl (C=O) groups excluding carboxylic acids is 2. The maximum atomic E-state index is 12.5. The van der Waals surface area contributed by atoms with Crippen molar-refractivity contribution < 1.29 is 24.5 Å². The predicted octanol–water partition coefficient (Wildman–Crippen LogP) is 23.6. The molecule has 476 valence electrons. The van der Waals surface area contributed by atoms with E-state index in [0.29, 0.717) is 19.4 Å². The van der Waals surface area contributed by atoms with Crippen LogP contribution in [0.25, 0.3) is 0 Å². The van der Waals surface area contributed by atoms with Crippen LogP contribution in [0, 0.1) is 0 Å². The second kappa shape index (κ2) is 70.3. The van der Waals surface area contributed by atoms with E-state index in [0.717, 1.165) is 51.4 Å². The van der Waals surface area contributed by atoms with Crippen molar-refractivity contribution >= 4 is 11.9 Å². The number of ether oxygens (including phenoxy) is 1. The fraction of sp³-hybridized carbons (Fsp3) is 0.867. The van der Waals surface area contributed by atoms with Gasteiger partial charge in [0.1, 0.15) is 0 Å². The third kappa shape index (κ3) is 66.8. The lowest BCUT2D eigenvalue weighted by Gasteiger charge is -2.20. The van der Waals surface area contributed by atoms with Crippen LogP contribution in [0.15, 0.2) is 48.6 Å². The number of esters is 1. The average molecular weight is 1140 g/mol. The van der Waals surface area contributed by atoms with E-state index in [1.54, 1.807) is 6.08 Å². The van der Waals surface area contributed by atoms with Crippen LogP contribution in [0.5, 0.6) is 0 Å². The van der Waals surface area contributed by atoms with Crippen LogP contribution in [0.2, 0.25) is 0 Å². The smallest absolute Gasteiger partial charge is 0.305 e. The molecule has 0 aliphatic carbocycles. The largest absolute Gasteiger partial charge is 0.466 e. The van der Waals surface area contributed by atoms with Crippen molar-refractivity contribution in [2.24, 2.45) is 0 Å². The van der Waals surface area contributed by atoms with E-state index in [4.69, 9.17) is 4.74 Å². The minimum Gasteiger partial charge on any atom is -0.466 e. The van der Waals surface area contributed by atoms with E-state index >= 15 is 0 Å². The molecule has 0 aromatic carbocycles. The zero-order valence-corrected chi connectivity index (χ0v) is 54.5. The van der Waals surface area contributed by atoms with Gasteiger partial charge in [-0.3, -0.25) is 9.59 Å². The highest BCUT2D eigenvalue weighted by Crippen LogP contribution is 2.18. The second-order valence-corrected chi connectivity index (χ2v) is 24.9. The van der Waals surface area contributed by atoms with Gasteiger partial charge in [-0.25, -0.2) is 0 Å². The summed E-state index contributed by atoms with van der Waals surface area (Å²) in [6.45, 7) is 4.92. The zero-order valence-electron chi connectivity index (χ0n) is 54.5. The van der Waals surface area contributed by atoms with Crippen molar-refractivity contribution in [2.45, 2.75) is 405 Å². The summed E-state index contributed by atoms with van der Waals surface area (Å²) in [5.41, 5.74) is 0. The Morgan fingerprint density at radius 2 is 0.617 bits per heavy atom. The molecule has 0 aliphatic heterocycles. The lowest BCUT2D eigenvalue weighted by Crippen LogP contribution is -2.45. The van der Waals surface area contributed by atoms with Gasteiger partial charge in [0.05, 0.1) is 25.4 Å². The summed E-state index contributed by atoms with van der Waals surface area (Å²) in [4.78, 5) is 24.6. The summed E-state index contributed by atoms with van der Waals surface area (Å²) in [5.74, 6) is -0.0554. The van der Waals surface area contributed by atoms with Crippen LogP contribution in [0.1, 0.15) is 393 Å². The lowest BCUT2D eigenvalue weighted by atomic mass is 10.0. The maximum Gasteiger partial charge on any atom is 0.305 e. The van der Waals surface area contributed by atoms with Crippen molar-refractivity contribution in [1.29, 1.82) is 0 Å². The Hall–Kier alpha value is -2.18. The Labute approximate surface area is 506 Å². The van der Waals surface area contributed by atoms with Crippen molar-refractivity contribution in [3.05, 3.63) is 48.6 Å². The number of nitrogens with one attached hydrogen (secondary N) is 1. The molecule has 0 radical (unpaired) electrons. The first-order valence-corrected chi connectivity index (χ1v) is 36.4. The zero-order chi connectivity index (χ0) is 58.5. The molecule has 2 unspecified atom stereocenters. The molecule has 0 saturated carbocycles. The van der Waals surface area contributed by atoms with Crippen LogP contribution < -0.4 is 5.32 Å². The Bertz CT molecular complexity index is 1360. The molecule has 0 saturated heterocycles. The number of hydrogen-bond acceptors (Lipinski definition) is 5. The topological polar surface area (TPSA) is 95.9 Å². The third-order valence-corrected chi connectivity index (χ3v) is 16.8. The molecule has 81 heavy (non-hydrogen) atoms. The van der Waals surface area contributed by atoms with E-state index in [1.165, 1.54) is 315 Å². The molecule has 6 nitrogen and oxygen atoms in total. The van der Waals surface area contributed by atoms with Crippen LogP contribution in [0.4, 0.5) is 0 Å². The van der Waals surface area contributed by atoms with Gasteiger partial charge in [-0.05, 0) is 89.9 Å². The fourth-order valence-electron chi connectivity index (χ4n) is 11.3. The van der Waals surface area contributed by atoms with Gasteiger partial charge in [0.2, 0.25) is 5.91 Å². The average Bonchev–Trinajstić information content (AvgIpc) is 3.47. The molecule has 0 aromatic rings. The van der Waals surface area contributed by atoms with Gasteiger partial charge in [0.15, 0.2) is 0 Å². The summed E-state index contributed by atoms with van der Waals surface area (Å²) in [7, 11) is 0. The second-order valence-electron chi connectivity index (χ2n) is 24.9. The molecule has 0 heterocycles. The minimum absolute atomic E-state index is 0.0115. The molecule has 0 aromatic heterocycles. The lowest BCUT2D eigenvalue weighted by molar-refractivity contribution is -0.143. The molecule has 0 rings (SSSR count). The number of carbonyl (C=O) groups is 2. The molecule has 0 spiro atoms. The number of amides is 1. The number of hydrogen-bond donors (Lipinski definition) is 3. The van der Waals surface area contributed by atoms with Gasteiger partial charge in [-0.2, -0.15) is 0 Å². The number of aliphatic hydroxyl groups excluding tert-OH is 2.